The van der Waals surface area contributed by atoms with Crippen LogP contribution in [0.5, 0.6) is 5.75 Å². The normalized spacial score (nSPS) is 15.7. The second-order valence-electron chi connectivity index (χ2n) is 8.69. The number of hydrogen-bond donors (Lipinski definition) is 0. The molecule has 1 fully saturated rings. The number of sulfonamides is 1. The molecule has 0 spiro atoms. The summed E-state index contributed by atoms with van der Waals surface area (Å²) in [7, 11) is -1.80. The predicted molar refractivity (Wildman–Crippen MR) is 139 cm³/mol. The largest absolute Gasteiger partial charge is 0.497 e. The highest BCUT2D eigenvalue weighted by atomic mass is 35.5. The zero-order valence-corrected chi connectivity index (χ0v) is 21.6. The summed E-state index contributed by atoms with van der Waals surface area (Å²) in [5, 5.41) is 1.26. The molecule has 1 aliphatic heterocycles. The first kappa shape index (κ1) is 23.4. The Hall–Kier alpha value is -2.32. The van der Waals surface area contributed by atoms with Crippen molar-refractivity contribution in [2.45, 2.75) is 36.4 Å². The topological polar surface area (TPSA) is 51.5 Å². The van der Waals surface area contributed by atoms with Gasteiger partial charge in [-0.25, -0.2) is 8.42 Å². The van der Waals surface area contributed by atoms with Crippen molar-refractivity contribution in [1.29, 1.82) is 0 Å². The molecule has 8 heteroatoms. The third-order valence-electron chi connectivity index (χ3n) is 6.76. The molecule has 3 heterocycles. The molecule has 178 valence electrons. The summed E-state index contributed by atoms with van der Waals surface area (Å²) < 4.78 is 36.3. The molecule has 0 N–H and O–H groups in total. The fourth-order valence-corrected chi connectivity index (χ4v) is 8.19. The number of fused-ring (bicyclic) bond motifs is 1. The minimum absolute atomic E-state index is 0.315. The van der Waals surface area contributed by atoms with E-state index < -0.39 is 10.0 Å². The van der Waals surface area contributed by atoms with Crippen LogP contribution in [0.25, 0.3) is 10.9 Å². The van der Waals surface area contributed by atoms with Crippen molar-refractivity contribution in [3.63, 3.8) is 0 Å². The zero-order chi connectivity index (χ0) is 23.9. The van der Waals surface area contributed by atoms with Crippen LogP contribution in [0.4, 0.5) is 0 Å². The Morgan fingerprint density at radius 3 is 2.53 bits per heavy atom. The van der Waals surface area contributed by atoms with Crippen molar-refractivity contribution in [2.75, 3.05) is 20.2 Å². The summed E-state index contributed by atoms with van der Waals surface area (Å²) in [6.45, 7) is 3.97. The van der Waals surface area contributed by atoms with Crippen molar-refractivity contribution < 1.29 is 13.2 Å². The SMILES string of the molecule is COc1cccc(Cn2c(C)c(C3CCN(S(=O)(=O)c4ccc(Cl)s4)CC3)c3ccccc32)c1. The van der Waals surface area contributed by atoms with E-state index in [1.54, 1.807) is 23.5 Å². The lowest BCUT2D eigenvalue weighted by atomic mass is 9.88. The number of nitrogens with zero attached hydrogens (tertiary/aromatic N) is 2. The molecule has 1 aliphatic rings. The molecule has 2 aromatic carbocycles. The summed E-state index contributed by atoms with van der Waals surface area (Å²) in [6.07, 6.45) is 1.60. The van der Waals surface area contributed by atoms with E-state index in [9.17, 15) is 8.42 Å². The fourth-order valence-electron chi connectivity index (χ4n) is 5.08. The lowest BCUT2D eigenvalue weighted by molar-refractivity contribution is 0.320. The smallest absolute Gasteiger partial charge is 0.252 e. The molecular weight excluding hydrogens is 488 g/mol. The molecule has 0 radical (unpaired) electrons. The van der Waals surface area contributed by atoms with Crippen molar-refractivity contribution in [3.05, 3.63) is 81.8 Å². The summed E-state index contributed by atoms with van der Waals surface area (Å²) >= 11 is 7.11. The Kier molecular flexibility index (Phi) is 6.46. The van der Waals surface area contributed by atoms with Crippen LogP contribution in [0.3, 0.4) is 0 Å². The number of halogens is 1. The number of hydrogen-bond acceptors (Lipinski definition) is 4. The van der Waals surface area contributed by atoms with E-state index in [2.05, 4.69) is 47.9 Å². The van der Waals surface area contributed by atoms with E-state index in [-0.39, 0.29) is 0 Å². The molecular formula is C26H27ClN2O3S2. The Bertz CT molecular complexity index is 1430. The molecule has 0 atom stereocenters. The molecule has 0 aliphatic carbocycles. The van der Waals surface area contributed by atoms with Crippen molar-refractivity contribution in [1.82, 2.24) is 8.87 Å². The maximum Gasteiger partial charge on any atom is 0.252 e. The highest BCUT2D eigenvalue weighted by molar-refractivity contribution is 7.91. The molecule has 5 nitrogen and oxygen atoms in total. The number of aromatic nitrogens is 1. The minimum atomic E-state index is -3.49. The van der Waals surface area contributed by atoms with Crippen molar-refractivity contribution in [3.8, 4) is 5.75 Å². The lowest BCUT2D eigenvalue weighted by Gasteiger charge is -2.31. The maximum absolute atomic E-state index is 13.0. The quantitative estimate of drug-likeness (QED) is 0.304. The van der Waals surface area contributed by atoms with E-state index in [4.69, 9.17) is 16.3 Å². The summed E-state index contributed by atoms with van der Waals surface area (Å²) in [5.41, 5.74) is 4.98. The number of rotatable bonds is 6. The molecule has 4 aromatic rings. The van der Waals surface area contributed by atoms with Crippen LogP contribution in [0.2, 0.25) is 4.34 Å². The number of para-hydroxylation sites is 1. The van der Waals surface area contributed by atoms with E-state index in [1.165, 1.54) is 27.7 Å². The number of methoxy groups -OCH3 is 1. The standard InChI is InChI=1S/C26H27ClN2O3S2/c1-18-26(20-12-14-28(15-13-20)34(30,31)25-11-10-24(27)33-25)22-8-3-4-9-23(22)29(18)17-19-6-5-7-21(16-19)32-2/h3-11,16,20H,12-15,17H2,1-2H3. The Labute approximate surface area is 209 Å². The molecule has 0 unspecified atom stereocenters. The van der Waals surface area contributed by atoms with Crippen LogP contribution in [0.15, 0.2) is 64.9 Å². The van der Waals surface area contributed by atoms with Gasteiger partial charge in [0, 0.05) is 36.2 Å². The van der Waals surface area contributed by atoms with E-state index in [1.807, 2.05) is 12.1 Å². The Balaban J connectivity index is 1.43. The van der Waals surface area contributed by atoms with E-state index >= 15 is 0 Å². The summed E-state index contributed by atoms with van der Waals surface area (Å²) in [5.74, 6) is 1.17. The van der Waals surface area contributed by atoms with Crippen LogP contribution >= 0.6 is 22.9 Å². The average molecular weight is 515 g/mol. The van der Waals surface area contributed by atoms with Crippen LogP contribution < -0.4 is 4.74 Å². The Morgan fingerprint density at radius 1 is 1.06 bits per heavy atom. The van der Waals surface area contributed by atoms with Gasteiger partial charge in [0.2, 0.25) is 0 Å². The van der Waals surface area contributed by atoms with Gasteiger partial charge in [0.1, 0.15) is 9.96 Å². The van der Waals surface area contributed by atoms with E-state index in [0.29, 0.717) is 27.6 Å². The highest BCUT2D eigenvalue weighted by Gasteiger charge is 2.33. The van der Waals surface area contributed by atoms with Crippen LogP contribution in [-0.4, -0.2) is 37.5 Å². The summed E-state index contributed by atoms with van der Waals surface area (Å²) in [4.78, 5) is 0. The first-order chi connectivity index (χ1) is 16.4. The molecule has 0 saturated carbocycles. The van der Waals surface area contributed by atoms with Crippen molar-refractivity contribution in [2.24, 2.45) is 0 Å². The number of benzene rings is 2. The van der Waals surface area contributed by atoms with Gasteiger partial charge in [0.25, 0.3) is 10.0 Å². The lowest BCUT2D eigenvalue weighted by Crippen LogP contribution is -2.37. The number of piperidine rings is 1. The number of ether oxygens (including phenoxy) is 1. The van der Waals surface area contributed by atoms with Gasteiger partial charge in [-0.3, -0.25) is 0 Å². The predicted octanol–water partition coefficient (Wildman–Crippen LogP) is 6.29. The first-order valence-electron chi connectivity index (χ1n) is 11.3. The molecule has 5 rings (SSSR count). The zero-order valence-electron chi connectivity index (χ0n) is 19.2. The van der Waals surface area contributed by atoms with Crippen LogP contribution in [0.1, 0.15) is 35.6 Å². The molecule has 0 amide bonds. The second-order valence-corrected chi connectivity index (χ2v) is 12.6. The van der Waals surface area contributed by atoms with Gasteiger partial charge in [0.15, 0.2) is 0 Å². The Morgan fingerprint density at radius 2 is 1.82 bits per heavy atom. The minimum Gasteiger partial charge on any atom is -0.497 e. The van der Waals surface area contributed by atoms with Gasteiger partial charge < -0.3 is 9.30 Å². The third kappa shape index (κ3) is 4.26. The van der Waals surface area contributed by atoms with Crippen molar-refractivity contribution >= 4 is 43.9 Å². The number of thiophene rings is 1. The summed E-state index contributed by atoms with van der Waals surface area (Å²) in [6, 6.07) is 20.0. The van der Waals surface area contributed by atoms with Gasteiger partial charge in [0.05, 0.1) is 11.4 Å². The van der Waals surface area contributed by atoms with Gasteiger partial charge >= 0.3 is 0 Å². The van der Waals surface area contributed by atoms with Crippen LogP contribution in [0, 0.1) is 6.92 Å². The highest BCUT2D eigenvalue weighted by Crippen LogP contribution is 2.39. The van der Waals surface area contributed by atoms with Crippen LogP contribution in [-0.2, 0) is 16.6 Å². The van der Waals surface area contributed by atoms with Gasteiger partial charge in [-0.05, 0) is 67.1 Å². The molecule has 1 saturated heterocycles. The molecule has 2 aromatic heterocycles. The monoisotopic (exact) mass is 514 g/mol. The van der Waals surface area contributed by atoms with E-state index in [0.717, 1.165) is 36.5 Å². The fraction of sp³-hybridized carbons (Fsp3) is 0.308. The van der Waals surface area contributed by atoms with Gasteiger partial charge in [-0.1, -0.05) is 41.9 Å². The van der Waals surface area contributed by atoms with Gasteiger partial charge in [-0.15, -0.1) is 11.3 Å². The van der Waals surface area contributed by atoms with Gasteiger partial charge in [-0.2, -0.15) is 4.31 Å². The average Bonchev–Trinajstić information content (AvgIpc) is 3.41. The molecule has 0 bridgehead atoms. The molecule has 34 heavy (non-hydrogen) atoms. The first-order valence-corrected chi connectivity index (χ1v) is 14.0. The third-order valence-corrected chi connectivity index (χ3v) is 10.4. The maximum atomic E-state index is 13.0. The second kappa shape index (κ2) is 9.38.